The van der Waals surface area contributed by atoms with Gasteiger partial charge in [-0.3, -0.25) is 4.79 Å². The van der Waals surface area contributed by atoms with Crippen molar-refractivity contribution in [3.8, 4) is 0 Å². The van der Waals surface area contributed by atoms with Gasteiger partial charge >= 0.3 is 5.97 Å². The molecule has 1 unspecified atom stereocenters. The van der Waals surface area contributed by atoms with Crippen molar-refractivity contribution in [3.05, 3.63) is 34.6 Å². The third-order valence-electron chi connectivity index (χ3n) is 2.13. The average molecular weight is 286 g/mol. The second-order valence-electron chi connectivity index (χ2n) is 3.34. The number of thioether (sulfide) groups is 1. The molecule has 1 N–H and O–H groups in total. The van der Waals surface area contributed by atoms with Gasteiger partial charge in [0, 0.05) is 11.3 Å². The van der Waals surface area contributed by atoms with Crippen molar-refractivity contribution in [2.75, 3.05) is 0 Å². The normalized spacial score (nSPS) is 12.6. The number of hydrogen-bond acceptors (Lipinski definition) is 2. The number of benzene rings is 1. The molecule has 0 aromatic heterocycles. The highest BCUT2D eigenvalue weighted by Crippen LogP contribution is 2.27. The molecule has 100 valence electrons. The Bertz CT molecular complexity index is 463. The predicted octanol–water partition coefficient (Wildman–Crippen LogP) is 3.09. The maximum atomic E-state index is 13.2. The van der Waals surface area contributed by atoms with Crippen LogP contribution >= 0.6 is 11.8 Å². The van der Waals surface area contributed by atoms with Gasteiger partial charge in [0.15, 0.2) is 23.3 Å². The van der Waals surface area contributed by atoms with E-state index in [2.05, 4.69) is 0 Å². The first-order valence-electron chi connectivity index (χ1n) is 4.62. The molecule has 0 amide bonds. The summed E-state index contributed by atoms with van der Waals surface area (Å²) < 4.78 is 64.6. The molecule has 0 saturated heterocycles. The molecule has 0 radical (unpaired) electrons. The largest absolute Gasteiger partial charge is 0.480 e. The lowest BCUT2D eigenvalue weighted by molar-refractivity contribution is -0.136. The van der Waals surface area contributed by atoms with E-state index < -0.39 is 51.6 Å². The summed E-state index contributed by atoms with van der Waals surface area (Å²) in [6.07, 6.45) is 0. The molecule has 0 fully saturated rings. The van der Waals surface area contributed by atoms with Gasteiger partial charge in [-0.2, -0.15) is 0 Å². The van der Waals surface area contributed by atoms with Crippen LogP contribution in [0.5, 0.6) is 0 Å². The molecule has 0 heterocycles. The van der Waals surface area contributed by atoms with Crippen molar-refractivity contribution in [1.82, 2.24) is 0 Å². The third-order valence-corrected chi connectivity index (χ3v) is 3.28. The fourth-order valence-electron chi connectivity index (χ4n) is 1.06. The Morgan fingerprint density at radius 2 is 1.44 bits per heavy atom. The van der Waals surface area contributed by atoms with Gasteiger partial charge < -0.3 is 5.11 Å². The van der Waals surface area contributed by atoms with E-state index in [1.807, 2.05) is 0 Å². The summed E-state index contributed by atoms with van der Waals surface area (Å²) in [5.74, 6) is -12.0. The van der Waals surface area contributed by atoms with Gasteiger partial charge in [0.05, 0.1) is 5.25 Å². The Morgan fingerprint density at radius 1 is 1.06 bits per heavy atom. The predicted molar refractivity (Wildman–Crippen MR) is 54.6 cm³/mol. The summed E-state index contributed by atoms with van der Waals surface area (Å²) >= 11 is 0.554. The number of aliphatic carboxylic acids is 1. The van der Waals surface area contributed by atoms with E-state index in [0.717, 1.165) is 0 Å². The van der Waals surface area contributed by atoms with Crippen molar-refractivity contribution in [2.24, 2.45) is 0 Å². The SMILES string of the molecule is CC(SCc1c(F)c(F)c(F)c(F)c1F)C(=O)O. The summed E-state index contributed by atoms with van der Waals surface area (Å²) in [7, 11) is 0. The van der Waals surface area contributed by atoms with Gasteiger partial charge in [-0.25, -0.2) is 22.0 Å². The smallest absolute Gasteiger partial charge is 0.316 e. The lowest BCUT2D eigenvalue weighted by Gasteiger charge is -2.09. The van der Waals surface area contributed by atoms with Crippen molar-refractivity contribution in [2.45, 2.75) is 17.9 Å². The third kappa shape index (κ3) is 2.74. The summed E-state index contributed by atoms with van der Waals surface area (Å²) in [5, 5.41) is 7.51. The molecule has 0 bridgehead atoms. The van der Waals surface area contributed by atoms with Crippen LogP contribution < -0.4 is 0 Å². The Labute approximate surface area is 103 Å². The number of hydrogen-bond donors (Lipinski definition) is 1. The Balaban J connectivity index is 3.07. The molecule has 1 atom stereocenters. The Hall–Kier alpha value is -1.31. The van der Waals surface area contributed by atoms with E-state index in [4.69, 9.17) is 5.11 Å². The van der Waals surface area contributed by atoms with Gasteiger partial charge in [0.25, 0.3) is 0 Å². The molecule has 2 nitrogen and oxygen atoms in total. The molecular formula is C10H7F5O2S. The van der Waals surface area contributed by atoms with Gasteiger partial charge in [-0.05, 0) is 6.92 Å². The second kappa shape index (κ2) is 5.55. The van der Waals surface area contributed by atoms with E-state index >= 15 is 0 Å². The number of rotatable bonds is 4. The molecule has 0 saturated carbocycles. The zero-order valence-corrected chi connectivity index (χ0v) is 9.75. The van der Waals surface area contributed by atoms with Crippen LogP contribution in [-0.2, 0) is 10.5 Å². The number of carboxylic acids is 1. The molecule has 0 aliphatic heterocycles. The summed E-state index contributed by atoms with van der Waals surface area (Å²) in [5.41, 5.74) is -1.02. The van der Waals surface area contributed by atoms with Crippen LogP contribution in [0.4, 0.5) is 22.0 Å². The summed E-state index contributed by atoms with van der Waals surface area (Å²) in [6, 6.07) is 0. The number of carboxylic acid groups (broad SMARTS) is 1. The first kappa shape index (κ1) is 14.7. The van der Waals surface area contributed by atoms with Crippen LogP contribution in [0.25, 0.3) is 0 Å². The fraction of sp³-hybridized carbons (Fsp3) is 0.300. The lowest BCUT2D eigenvalue weighted by Crippen LogP contribution is -2.13. The summed E-state index contributed by atoms with van der Waals surface area (Å²) in [6.45, 7) is 1.24. The zero-order valence-electron chi connectivity index (χ0n) is 8.94. The number of carbonyl (C=O) groups is 1. The molecule has 0 spiro atoms. The van der Waals surface area contributed by atoms with Crippen LogP contribution in [-0.4, -0.2) is 16.3 Å². The molecule has 8 heteroatoms. The standard InChI is InChI=1S/C10H7F5O2S/c1-3(10(16)17)18-2-4-5(11)7(13)9(15)8(14)6(4)12/h3H,2H2,1H3,(H,16,17). The van der Waals surface area contributed by atoms with Crippen LogP contribution in [0.15, 0.2) is 0 Å². The van der Waals surface area contributed by atoms with Crippen LogP contribution in [0.1, 0.15) is 12.5 Å². The minimum Gasteiger partial charge on any atom is -0.480 e. The van der Waals surface area contributed by atoms with Gasteiger partial charge in [-0.15, -0.1) is 11.8 Å². The molecule has 1 aromatic carbocycles. The van der Waals surface area contributed by atoms with Crippen molar-refractivity contribution in [1.29, 1.82) is 0 Å². The highest BCUT2D eigenvalue weighted by molar-refractivity contribution is 7.99. The van der Waals surface area contributed by atoms with Crippen LogP contribution in [0.2, 0.25) is 0 Å². The van der Waals surface area contributed by atoms with E-state index in [9.17, 15) is 26.7 Å². The van der Waals surface area contributed by atoms with Crippen molar-refractivity contribution >= 4 is 17.7 Å². The maximum absolute atomic E-state index is 13.2. The van der Waals surface area contributed by atoms with Gasteiger partial charge in [0.2, 0.25) is 5.82 Å². The van der Waals surface area contributed by atoms with Gasteiger partial charge in [-0.1, -0.05) is 0 Å². The first-order valence-corrected chi connectivity index (χ1v) is 5.67. The molecule has 18 heavy (non-hydrogen) atoms. The Morgan fingerprint density at radius 3 is 1.83 bits per heavy atom. The quantitative estimate of drug-likeness (QED) is 0.525. The molecule has 0 aliphatic rings. The first-order chi connectivity index (χ1) is 8.27. The van der Waals surface area contributed by atoms with Crippen LogP contribution in [0.3, 0.4) is 0 Å². The van der Waals surface area contributed by atoms with E-state index in [1.165, 1.54) is 6.92 Å². The van der Waals surface area contributed by atoms with Crippen molar-refractivity contribution in [3.63, 3.8) is 0 Å². The Kier molecular flexibility index (Phi) is 4.55. The minimum absolute atomic E-state index is 0.554. The van der Waals surface area contributed by atoms with Gasteiger partial charge in [0.1, 0.15) is 0 Å². The second-order valence-corrected chi connectivity index (χ2v) is 4.67. The highest BCUT2D eigenvalue weighted by Gasteiger charge is 2.26. The molecule has 0 aliphatic carbocycles. The van der Waals surface area contributed by atoms with E-state index in [0.29, 0.717) is 11.8 Å². The molecule has 1 rings (SSSR count). The fourth-order valence-corrected chi connectivity index (χ4v) is 1.87. The molecule has 1 aromatic rings. The van der Waals surface area contributed by atoms with E-state index in [1.54, 1.807) is 0 Å². The summed E-state index contributed by atoms with van der Waals surface area (Å²) in [4.78, 5) is 10.5. The zero-order chi connectivity index (χ0) is 14.0. The monoisotopic (exact) mass is 286 g/mol. The molecular weight excluding hydrogens is 279 g/mol. The average Bonchev–Trinajstić information content (AvgIpc) is 2.33. The van der Waals surface area contributed by atoms with E-state index in [-0.39, 0.29) is 0 Å². The highest BCUT2D eigenvalue weighted by atomic mass is 32.2. The van der Waals surface area contributed by atoms with Crippen molar-refractivity contribution < 1.29 is 31.9 Å². The maximum Gasteiger partial charge on any atom is 0.316 e. The lowest BCUT2D eigenvalue weighted by atomic mass is 10.2. The topological polar surface area (TPSA) is 37.3 Å². The van der Waals surface area contributed by atoms with Crippen LogP contribution in [0, 0.1) is 29.1 Å². The number of halogens is 5. The minimum atomic E-state index is -2.23.